The zero-order valence-corrected chi connectivity index (χ0v) is 9.80. The predicted octanol–water partition coefficient (Wildman–Crippen LogP) is 4.15. The number of H-pyrrole nitrogens is 1. The Morgan fingerprint density at radius 3 is 2.60 bits per heavy atom. The van der Waals surface area contributed by atoms with Gasteiger partial charge in [0.1, 0.15) is 0 Å². The van der Waals surface area contributed by atoms with Gasteiger partial charge in [-0.15, -0.1) is 0 Å². The molecule has 0 aliphatic rings. The van der Waals surface area contributed by atoms with E-state index in [9.17, 15) is 0 Å². The highest BCUT2D eigenvalue weighted by molar-refractivity contribution is 5.82. The van der Waals surface area contributed by atoms with E-state index in [2.05, 4.69) is 56.2 Å². The van der Waals surface area contributed by atoms with Crippen LogP contribution in [0.2, 0.25) is 0 Å². The molecule has 0 amide bonds. The van der Waals surface area contributed by atoms with Gasteiger partial charge in [0.05, 0.1) is 0 Å². The van der Waals surface area contributed by atoms with Gasteiger partial charge in [0.2, 0.25) is 0 Å². The molecular formula is C14H19N. The summed E-state index contributed by atoms with van der Waals surface area (Å²) >= 11 is 0. The predicted molar refractivity (Wildman–Crippen MR) is 66.1 cm³/mol. The van der Waals surface area contributed by atoms with Crippen LogP contribution in [-0.4, -0.2) is 4.98 Å². The van der Waals surface area contributed by atoms with Crippen LogP contribution in [0, 0.1) is 5.41 Å². The Morgan fingerprint density at radius 2 is 1.87 bits per heavy atom. The van der Waals surface area contributed by atoms with E-state index in [0.717, 1.165) is 6.42 Å². The zero-order valence-electron chi connectivity index (χ0n) is 9.80. The van der Waals surface area contributed by atoms with Crippen LogP contribution in [0.4, 0.5) is 0 Å². The molecule has 0 aliphatic heterocycles. The Hall–Kier alpha value is -1.24. The first-order valence-corrected chi connectivity index (χ1v) is 5.61. The van der Waals surface area contributed by atoms with Gasteiger partial charge in [0, 0.05) is 17.1 Å². The minimum Gasteiger partial charge on any atom is -0.361 e. The largest absolute Gasteiger partial charge is 0.361 e. The van der Waals surface area contributed by atoms with Crippen LogP contribution in [0.1, 0.15) is 32.8 Å². The molecule has 0 bridgehead atoms. The third kappa shape index (κ3) is 2.41. The molecule has 1 nitrogen and oxygen atoms in total. The number of aromatic nitrogens is 1. The molecule has 0 unspecified atom stereocenters. The minimum atomic E-state index is 0.415. The monoisotopic (exact) mass is 201 g/mol. The highest BCUT2D eigenvalue weighted by Crippen LogP contribution is 2.25. The second kappa shape index (κ2) is 3.73. The second-order valence-corrected chi connectivity index (χ2v) is 5.42. The van der Waals surface area contributed by atoms with E-state index in [0.29, 0.717) is 5.41 Å². The summed E-state index contributed by atoms with van der Waals surface area (Å²) in [5.41, 5.74) is 3.11. The molecule has 2 rings (SSSR count). The lowest BCUT2D eigenvalue weighted by Crippen LogP contribution is -2.05. The lowest BCUT2D eigenvalue weighted by molar-refractivity contribution is 0.379. The summed E-state index contributed by atoms with van der Waals surface area (Å²) in [7, 11) is 0. The van der Waals surface area contributed by atoms with Gasteiger partial charge in [-0.2, -0.15) is 0 Å². The average Bonchev–Trinajstić information content (AvgIpc) is 2.57. The van der Waals surface area contributed by atoms with E-state index in [-0.39, 0.29) is 0 Å². The van der Waals surface area contributed by atoms with Gasteiger partial charge in [-0.3, -0.25) is 0 Å². The molecule has 1 aromatic heterocycles. The van der Waals surface area contributed by atoms with Crippen molar-refractivity contribution in [1.82, 2.24) is 4.98 Å². The van der Waals surface area contributed by atoms with Crippen LogP contribution in [0.3, 0.4) is 0 Å². The molecule has 0 radical (unpaired) electrons. The number of fused-ring (bicyclic) bond motifs is 1. The molecule has 1 N–H and O–H groups in total. The first-order valence-electron chi connectivity index (χ1n) is 5.61. The minimum absolute atomic E-state index is 0.415. The van der Waals surface area contributed by atoms with Gasteiger partial charge in [-0.25, -0.2) is 0 Å². The number of nitrogens with one attached hydrogen (secondary N) is 1. The average molecular weight is 201 g/mol. The topological polar surface area (TPSA) is 15.8 Å². The molecule has 0 atom stereocenters. The van der Waals surface area contributed by atoms with Crippen molar-refractivity contribution in [2.24, 2.45) is 5.41 Å². The number of hydrogen-bond donors (Lipinski definition) is 1. The van der Waals surface area contributed by atoms with Crippen LogP contribution < -0.4 is 0 Å². The van der Waals surface area contributed by atoms with Crippen LogP contribution in [0.15, 0.2) is 30.5 Å². The van der Waals surface area contributed by atoms with Crippen molar-refractivity contribution in [2.45, 2.75) is 33.6 Å². The Kier molecular flexibility index (Phi) is 2.56. The maximum absolute atomic E-state index is 3.32. The SMILES string of the molecule is CC(C)(C)CCc1c[nH]c2ccccc12. The summed E-state index contributed by atoms with van der Waals surface area (Å²) in [5.74, 6) is 0. The molecule has 1 heteroatoms. The summed E-state index contributed by atoms with van der Waals surface area (Å²) in [5, 5.41) is 1.38. The quantitative estimate of drug-likeness (QED) is 0.751. The van der Waals surface area contributed by atoms with Crippen molar-refractivity contribution >= 4 is 10.9 Å². The Morgan fingerprint density at radius 1 is 1.13 bits per heavy atom. The Labute approximate surface area is 91.5 Å². The fourth-order valence-corrected chi connectivity index (χ4v) is 1.85. The van der Waals surface area contributed by atoms with Crippen molar-refractivity contribution in [3.63, 3.8) is 0 Å². The van der Waals surface area contributed by atoms with E-state index >= 15 is 0 Å². The fraction of sp³-hybridized carbons (Fsp3) is 0.429. The van der Waals surface area contributed by atoms with Gasteiger partial charge in [0.25, 0.3) is 0 Å². The molecule has 1 heterocycles. The van der Waals surface area contributed by atoms with E-state index in [1.807, 2.05) is 0 Å². The fourth-order valence-electron chi connectivity index (χ4n) is 1.85. The summed E-state index contributed by atoms with van der Waals surface area (Å²) in [6, 6.07) is 8.52. The maximum atomic E-state index is 3.32. The number of rotatable bonds is 2. The summed E-state index contributed by atoms with van der Waals surface area (Å²) in [6.45, 7) is 6.88. The van der Waals surface area contributed by atoms with Crippen LogP contribution >= 0.6 is 0 Å². The van der Waals surface area contributed by atoms with Gasteiger partial charge >= 0.3 is 0 Å². The summed E-state index contributed by atoms with van der Waals surface area (Å²) in [4.78, 5) is 3.32. The highest BCUT2D eigenvalue weighted by atomic mass is 14.7. The normalized spacial score (nSPS) is 12.2. The Bertz CT molecular complexity index is 446. The van der Waals surface area contributed by atoms with Crippen LogP contribution in [-0.2, 0) is 6.42 Å². The maximum Gasteiger partial charge on any atom is 0.0456 e. The highest BCUT2D eigenvalue weighted by Gasteiger charge is 2.11. The van der Waals surface area contributed by atoms with Crippen molar-refractivity contribution < 1.29 is 0 Å². The molecule has 0 fully saturated rings. The molecular weight excluding hydrogens is 182 g/mol. The first kappa shape index (κ1) is 10.3. The number of aromatic amines is 1. The molecule has 0 saturated carbocycles. The lowest BCUT2D eigenvalue weighted by Gasteiger charge is -2.17. The molecule has 2 aromatic rings. The van der Waals surface area contributed by atoms with Crippen molar-refractivity contribution in [2.75, 3.05) is 0 Å². The molecule has 0 spiro atoms. The van der Waals surface area contributed by atoms with Crippen LogP contribution in [0.5, 0.6) is 0 Å². The third-order valence-electron chi connectivity index (χ3n) is 2.82. The molecule has 1 aromatic carbocycles. The van der Waals surface area contributed by atoms with Crippen molar-refractivity contribution in [3.8, 4) is 0 Å². The smallest absolute Gasteiger partial charge is 0.0456 e. The van der Waals surface area contributed by atoms with E-state index in [1.54, 1.807) is 0 Å². The first-order chi connectivity index (χ1) is 7.06. The number of aryl methyl sites for hydroxylation is 1. The second-order valence-electron chi connectivity index (χ2n) is 5.42. The molecule has 15 heavy (non-hydrogen) atoms. The number of hydrogen-bond acceptors (Lipinski definition) is 0. The summed E-state index contributed by atoms with van der Waals surface area (Å²) in [6.07, 6.45) is 4.54. The number of benzene rings is 1. The third-order valence-corrected chi connectivity index (χ3v) is 2.82. The van der Waals surface area contributed by atoms with E-state index < -0.39 is 0 Å². The van der Waals surface area contributed by atoms with E-state index in [4.69, 9.17) is 0 Å². The van der Waals surface area contributed by atoms with Gasteiger partial charge in [-0.05, 0) is 29.9 Å². The van der Waals surface area contributed by atoms with E-state index in [1.165, 1.54) is 22.9 Å². The zero-order chi connectivity index (χ0) is 10.9. The number of para-hydroxylation sites is 1. The van der Waals surface area contributed by atoms with Gasteiger partial charge < -0.3 is 4.98 Å². The molecule has 80 valence electrons. The van der Waals surface area contributed by atoms with Gasteiger partial charge in [0.15, 0.2) is 0 Å². The standard InChI is InChI=1S/C14H19N/c1-14(2,3)9-8-11-10-15-13-7-5-4-6-12(11)13/h4-7,10,15H,8-9H2,1-3H3. The van der Waals surface area contributed by atoms with Crippen LogP contribution in [0.25, 0.3) is 10.9 Å². The molecule has 0 aliphatic carbocycles. The van der Waals surface area contributed by atoms with Gasteiger partial charge in [-0.1, -0.05) is 39.0 Å². The Balaban J connectivity index is 2.22. The molecule has 0 saturated heterocycles. The summed E-state index contributed by atoms with van der Waals surface area (Å²) < 4.78 is 0. The van der Waals surface area contributed by atoms with Crippen molar-refractivity contribution in [3.05, 3.63) is 36.0 Å². The lowest BCUT2D eigenvalue weighted by atomic mass is 9.89. The van der Waals surface area contributed by atoms with Crippen molar-refractivity contribution in [1.29, 1.82) is 0 Å².